The number of carbonyl (C=O) groups is 6. The fourth-order valence-corrected chi connectivity index (χ4v) is 11.4. The minimum absolute atomic E-state index is 0.0251. The van der Waals surface area contributed by atoms with Gasteiger partial charge in [0.2, 0.25) is 17.8 Å². The van der Waals surface area contributed by atoms with Gasteiger partial charge >= 0.3 is 24.0 Å². The number of hydrogen-bond acceptors (Lipinski definition) is 18. The number of aliphatic hydroxyl groups excluding tert-OH is 1. The van der Waals surface area contributed by atoms with Crippen LogP contribution in [0.2, 0.25) is 0 Å². The van der Waals surface area contributed by atoms with E-state index in [9.17, 15) is 24.8 Å². The van der Waals surface area contributed by atoms with Crippen molar-refractivity contribution in [2.75, 3.05) is 63.4 Å². The topological polar surface area (TPSA) is 251 Å². The van der Waals surface area contributed by atoms with Crippen molar-refractivity contribution in [1.82, 2.24) is 19.8 Å². The zero-order valence-corrected chi connectivity index (χ0v) is 43.4. The number of aliphatic hydroxyl groups is 1. The highest BCUT2D eigenvalue weighted by atomic mass is 16.6. The molecule has 408 valence electrons. The molecule has 1 N–H and O–H groups in total. The molecular formula is C59H53N7O14. The molecule has 21 heteroatoms. The molecule has 1 spiro atoms. The highest BCUT2D eigenvalue weighted by Gasteiger charge is 2.76. The number of anilines is 2. The molecule has 80 heavy (non-hydrogen) atoms. The molecule has 1 aromatic heterocycles. The monoisotopic (exact) mass is 1080 g/mol. The summed E-state index contributed by atoms with van der Waals surface area (Å²) >= 11 is 0. The summed E-state index contributed by atoms with van der Waals surface area (Å²) in [5, 5.41) is 21.7. The first-order chi connectivity index (χ1) is 38.9. The number of fused-ring (bicyclic) bond motifs is 3. The molecular weight excluding hydrogens is 1030 g/mol. The summed E-state index contributed by atoms with van der Waals surface area (Å²) in [6.07, 6.45) is 0.651. The van der Waals surface area contributed by atoms with Crippen molar-refractivity contribution in [2.45, 2.75) is 42.7 Å². The van der Waals surface area contributed by atoms with Gasteiger partial charge in [0.1, 0.15) is 36.5 Å². The Hall–Kier alpha value is -9.52. The maximum Gasteiger partial charge on any atom is 0.421 e. The highest BCUT2D eigenvalue weighted by Crippen LogP contribution is 2.67. The molecule has 3 amide bonds. The quantitative estimate of drug-likeness (QED) is 0.0337. The summed E-state index contributed by atoms with van der Waals surface area (Å²) in [4.78, 5) is 116. The first kappa shape index (κ1) is 53.9. The number of methoxy groups -OCH3 is 2. The summed E-state index contributed by atoms with van der Waals surface area (Å²) in [5.41, 5.74) is -0.308. The Morgan fingerprint density at radius 2 is 1.46 bits per heavy atom. The maximum atomic E-state index is 16.9. The van der Waals surface area contributed by atoms with Crippen LogP contribution in [0.1, 0.15) is 58.0 Å². The Kier molecular flexibility index (Phi) is 15.6. The maximum absolute atomic E-state index is 16.9. The van der Waals surface area contributed by atoms with Gasteiger partial charge in [0.25, 0.3) is 5.69 Å². The van der Waals surface area contributed by atoms with E-state index in [0.717, 1.165) is 19.1 Å². The van der Waals surface area contributed by atoms with Crippen molar-refractivity contribution in [3.8, 4) is 17.6 Å². The number of morpholine rings is 1. The van der Waals surface area contributed by atoms with Crippen LogP contribution < -0.4 is 14.5 Å². The number of carbonyl (C=O) groups excluding carboxylic acids is 6. The van der Waals surface area contributed by atoms with Crippen molar-refractivity contribution in [3.63, 3.8) is 0 Å². The molecule has 3 fully saturated rings. The molecule has 4 aliphatic rings. The van der Waals surface area contributed by atoms with Crippen LogP contribution in [0.25, 0.3) is 0 Å². The number of imide groups is 1. The number of nitrogens with zero attached hydrogens (tertiary/aromatic N) is 7. The number of nitro groups is 1. The SMILES string of the molecule is COC(=O)C(CC#Cc1ccc2c(c1)[C@]1(C(=O)N2C(=O)OCc2ccc([N+](=O)[O-])cc2)[C@H](C(=O)N2CCN(c3ncccn3)CC2)[C@H]2C(=O)O[C@H](c3ccccc3)[C@H](c3ccccc3)N2[C@@H]1c1ccccc1OCCO)C(=O)OC. The molecule has 21 nitrogen and oxygen atoms in total. The van der Waals surface area contributed by atoms with Gasteiger partial charge < -0.3 is 38.6 Å². The van der Waals surface area contributed by atoms with E-state index in [4.69, 9.17) is 23.7 Å². The van der Waals surface area contributed by atoms with Crippen LogP contribution in [0.3, 0.4) is 0 Å². The minimum atomic E-state index is -2.29. The Morgan fingerprint density at radius 3 is 2.11 bits per heavy atom. The minimum Gasteiger partial charge on any atom is -0.491 e. The van der Waals surface area contributed by atoms with Crippen molar-refractivity contribution in [2.24, 2.45) is 11.8 Å². The van der Waals surface area contributed by atoms with E-state index in [2.05, 4.69) is 21.8 Å². The van der Waals surface area contributed by atoms with Crippen LogP contribution >= 0.6 is 0 Å². The largest absolute Gasteiger partial charge is 0.491 e. The van der Waals surface area contributed by atoms with E-state index in [1.165, 1.54) is 36.4 Å². The third-order valence-corrected chi connectivity index (χ3v) is 14.9. The number of nitro benzene ring substituents is 1. The van der Waals surface area contributed by atoms with Crippen molar-refractivity contribution >= 4 is 53.1 Å². The molecule has 0 saturated carbocycles. The van der Waals surface area contributed by atoms with Crippen molar-refractivity contribution in [3.05, 3.63) is 189 Å². The smallest absolute Gasteiger partial charge is 0.421 e. The number of aromatic nitrogens is 2. The van der Waals surface area contributed by atoms with Crippen LogP contribution in [-0.4, -0.2) is 125 Å². The number of para-hydroxylation sites is 1. The van der Waals surface area contributed by atoms with Crippen LogP contribution in [0.15, 0.2) is 146 Å². The highest BCUT2D eigenvalue weighted by molar-refractivity contribution is 6.23. The van der Waals surface area contributed by atoms with Crippen LogP contribution in [0.4, 0.5) is 22.1 Å². The summed E-state index contributed by atoms with van der Waals surface area (Å²) < 4.78 is 28.6. The summed E-state index contributed by atoms with van der Waals surface area (Å²) in [5.74, 6) is -0.758. The number of hydrogen-bond donors (Lipinski definition) is 1. The van der Waals surface area contributed by atoms with Crippen LogP contribution in [-0.2, 0) is 54.9 Å². The number of cyclic esters (lactones) is 1. The molecule has 6 atom stereocenters. The summed E-state index contributed by atoms with van der Waals surface area (Å²) in [6, 6.07) is 32.7. The number of amides is 3. The molecule has 10 rings (SSSR count). The Morgan fingerprint density at radius 1 is 0.812 bits per heavy atom. The average Bonchev–Trinajstić information content (AvgIpc) is 4.12. The van der Waals surface area contributed by atoms with Gasteiger partial charge in [0.15, 0.2) is 5.92 Å². The number of non-ortho nitro benzene ring substituents is 1. The second-order valence-electron chi connectivity index (χ2n) is 19.2. The summed E-state index contributed by atoms with van der Waals surface area (Å²) in [7, 11) is 2.25. The van der Waals surface area contributed by atoms with Gasteiger partial charge in [0.05, 0.1) is 49.4 Å². The van der Waals surface area contributed by atoms with E-state index >= 15 is 19.2 Å². The Bertz CT molecular complexity index is 3370. The molecule has 3 saturated heterocycles. The predicted octanol–water partition coefficient (Wildman–Crippen LogP) is 5.81. The Balaban J connectivity index is 1.23. The van der Waals surface area contributed by atoms with Crippen LogP contribution in [0.5, 0.6) is 5.75 Å². The van der Waals surface area contributed by atoms with Gasteiger partial charge in [-0.15, -0.1) is 0 Å². The van der Waals surface area contributed by atoms with E-state index in [1.807, 2.05) is 70.5 Å². The number of ether oxygens (including phenoxy) is 5. The lowest BCUT2D eigenvalue weighted by molar-refractivity contribution is -0.384. The Labute approximate surface area is 458 Å². The fourth-order valence-electron chi connectivity index (χ4n) is 11.4. The average molecular weight is 1080 g/mol. The van der Waals surface area contributed by atoms with E-state index in [1.54, 1.807) is 53.7 Å². The lowest BCUT2D eigenvalue weighted by atomic mass is 9.64. The second-order valence-corrected chi connectivity index (χ2v) is 19.2. The molecule has 0 radical (unpaired) electrons. The predicted molar refractivity (Wildman–Crippen MR) is 284 cm³/mol. The first-order valence-electron chi connectivity index (χ1n) is 25.7. The van der Waals surface area contributed by atoms with Crippen molar-refractivity contribution < 1.29 is 62.5 Å². The van der Waals surface area contributed by atoms with Crippen molar-refractivity contribution in [1.29, 1.82) is 0 Å². The van der Waals surface area contributed by atoms with Gasteiger partial charge in [-0.1, -0.05) is 90.7 Å². The lowest BCUT2D eigenvalue weighted by Gasteiger charge is -2.46. The number of esters is 3. The van der Waals surface area contributed by atoms with E-state index in [-0.39, 0.29) is 67.5 Å². The lowest BCUT2D eigenvalue weighted by Crippen LogP contribution is -2.59. The summed E-state index contributed by atoms with van der Waals surface area (Å²) in [6.45, 7) is -0.325. The zero-order valence-electron chi connectivity index (χ0n) is 43.4. The molecule has 6 aromatic rings. The second kappa shape index (κ2) is 23.2. The molecule has 0 unspecified atom stereocenters. The van der Waals surface area contributed by atoms with Gasteiger partial charge in [0, 0.05) is 68.3 Å². The molecule has 0 aliphatic carbocycles. The standard InChI is InChI=1S/C59H53N7O14/c1-76-53(69)43(54(70)77-2)19-11-13-37-23-26-45-44(35-37)59(56(72)64(45)58(73)79-36-38-21-24-41(25-22-38)66(74)75)47(52(68)62-29-31-63(32-30-62)57-60-27-12-28-61-57)49-55(71)80-50(40-16-7-4-8-17-40)48(39-14-5-3-6-15-39)65(49)51(59)42-18-9-10-20-46(42)78-34-33-67/h3-10,12,14-18,20-28,35,43,47-51,67H,19,29-34,36H2,1-2H3/t47-,48-,49-,50+,51+,59-/m0/s1. The van der Waals surface area contributed by atoms with Gasteiger partial charge in [-0.3, -0.25) is 39.0 Å². The number of rotatable bonds is 14. The number of piperazine rings is 1. The van der Waals surface area contributed by atoms with E-state index in [0.29, 0.717) is 28.2 Å². The molecule has 5 heterocycles. The third kappa shape index (κ3) is 9.90. The van der Waals surface area contributed by atoms with Gasteiger partial charge in [-0.25, -0.2) is 19.7 Å². The third-order valence-electron chi connectivity index (χ3n) is 14.9. The first-order valence-corrected chi connectivity index (χ1v) is 25.7. The zero-order chi connectivity index (χ0) is 56.1. The van der Waals surface area contributed by atoms with E-state index < -0.39 is 95.4 Å². The van der Waals surface area contributed by atoms with Gasteiger partial charge in [-0.2, -0.15) is 0 Å². The fraction of sp³-hybridized carbons (Fsp3) is 0.288. The normalized spacial score (nSPS) is 21.2. The molecule has 0 bridgehead atoms. The number of benzene rings is 5. The molecule has 5 aromatic carbocycles. The molecule has 4 aliphatic heterocycles. The van der Waals surface area contributed by atoms with Crippen LogP contribution in [0, 0.1) is 33.8 Å². The van der Waals surface area contributed by atoms with Gasteiger partial charge in [-0.05, 0) is 64.7 Å².